The molecule has 0 saturated heterocycles. The van der Waals surface area contributed by atoms with Crippen LogP contribution in [-0.2, 0) is 13.7 Å². The number of benzene rings is 4. The van der Waals surface area contributed by atoms with Gasteiger partial charge >= 0.3 is 10.1 Å². The summed E-state index contributed by atoms with van der Waals surface area (Å²) in [7, 11) is -7.80. The first kappa shape index (κ1) is 23.2. The molecular weight excluding hydrogens is 462 g/mol. The van der Waals surface area contributed by atoms with E-state index in [1.54, 1.807) is 48.5 Å². The standard InChI is InChI=1S/C26H22F2O3S2/c1-19-16-17-25(20(2)18-19)32(21-10-5-3-6-11-21,22-12-7-4-8-13-22)31-33(29,30)26-23(27)14-9-15-24(26)28/h3-18H,1-2H3. The maximum atomic E-state index is 14.6. The van der Waals surface area contributed by atoms with Gasteiger partial charge in [-0.1, -0.05) is 60.2 Å². The highest BCUT2D eigenvalue weighted by Crippen LogP contribution is 2.71. The van der Waals surface area contributed by atoms with Gasteiger partial charge < -0.3 is 0 Å². The number of aryl methyl sites for hydroxylation is 2. The highest BCUT2D eigenvalue weighted by Gasteiger charge is 2.40. The van der Waals surface area contributed by atoms with Crippen molar-refractivity contribution in [3.63, 3.8) is 0 Å². The summed E-state index contributed by atoms with van der Waals surface area (Å²) in [5.74, 6) is -2.41. The molecule has 0 heterocycles. The number of hydrogen-bond donors (Lipinski definition) is 0. The molecule has 3 nitrogen and oxygen atoms in total. The maximum Gasteiger partial charge on any atom is 0.313 e. The molecule has 0 atom stereocenters. The van der Waals surface area contributed by atoms with E-state index in [2.05, 4.69) is 0 Å². The van der Waals surface area contributed by atoms with Crippen molar-refractivity contribution in [3.05, 3.63) is 120 Å². The Kier molecular flexibility index (Phi) is 6.38. The average molecular weight is 485 g/mol. The second-order valence-electron chi connectivity index (χ2n) is 7.52. The van der Waals surface area contributed by atoms with E-state index in [-0.39, 0.29) is 0 Å². The lowest BCUT2D eigenvalue weighted by Gasteiger charge is -2.40. The first-order valence-corrected chi connectivity index (χ1v) is 13.1. The van der Waals surface area contributed by atoms with Crippen molar-refractivity contribution in [2.45, 2.75) is 33.4 Å². The molecule has 0 spiro atoms. The summed E-state index contributed by atoms with van der Waals surface area (Å²) in [5.41, 5.74) is 1.80. The third kappa shape index (κ3) is 4.31. The second-order valence-corrected chi connectivity index (χ2v) is 11.9. The molecule has 33 heavy (non-hydrogen) atoms. The molecule has 0 N–H and O–H groups in total. The topological polar surface area (TPSA) is 43.4 Å². The molecule has 4 rings (SSSR count). The zero-order valence-electron chi connectivity index (χ0n) is 18.0. The Morgan fingerprint density at radius 3 is 1.67 bits per heavy atom. The third-order valence-corrected chi connectivity index (χ3v) is 10.5. The lowest BCUT2D eigenvalue weighted by atomic mass is 10.2. The average Bonchev–Trinajstić information content (AvgIpc) is 2.79. The quantitative estimate of drug-likeness (QED) is 0.291. The maximum absolute atomic E-state index is 14.6. The van der Waals surface area contributed by atoms with E-state index in [1.165, 1.54) is 0 Å². The van der Waals surface area contributed by atoms with Crippen LogP contribution in [0, 0.1) is 25.5 Å². The Morgan fingerprint density at radius 2 is 1.18 bits per heavy atom. The zero-order chi connectivity index (χ0) is 23.6. The SMILES string of the molecule is Cc1ccc(S(OS(=O)(=O)c2c(F)cccc2F)(c2ccccc2)c2ccccc2)c(C)c1. The monoisotopic (exact) mass is 484 g/mol. The van der Waals surface area contributed by atoms with Crippen molar-refractivity contribution in [1.82, 2.24) is 0 Å². The molecule has 0 aliphatic heterocycles. The molecule has 0 fully saturated rings. The van der Waals surface area contributed by atoms with E-state index in [0.717, 1.165) is 29.3 Å². The summed E-state index contributed by atoms with van der Waals surface area (Å²) in [6.45, 7) is 3.81. The fourth-order valence-electron chi connectivity index (χ4n) is 3.74. The molecule has 0 aliphatic rings. The Bertz CT molecular complexity index is 1330. The predicted octanol–water partition coefficient (Wildman–Crippen LogP) is 7.18. The summed E-state index contributed by atoms with van der Waals surface area (Å²) >= 11 is 0. The van der Waals surface area contributed by atoms with E-state index in [9.17, 15) is 17.2 Å². The molecule has 4 aromatic carbocycles. The molecule has 0 radical (unpaired) electrons. The second kappa shape index (κ2) is 9.09. The molecular formula is C26H22F2O3S2. The van der Waals surface area contributed by atoms with Crippen molar-refractivity contribution >= 4 is 20.4 Å². The van der Waals surface area contributed by atoms with Gasteiger partial charge in [-0.25, -0.2) is 12.4 Å². The van der Waals surface area contributed by atoms with Gasteiger partial charge in [-0.3, -0.25) is 0 Å². The molecule has 0 amide bonds. The highest BCUT2D eigenvalue weighted by atomic mass is 32.3. The van der Waals surface area contributed by atoms with Crippen LogP contribution < -0.4 is 0 Å². The summed E-state index contributed by atoms with van der Waals surface area (Å²) in [6, 6.07) is 26.4. The van der Waals surface area contributed by atoms with Gasteiger partial charge in [0.05, 0.1) is 0 Å². The van der Waals surface area contributed by atoms with Gasteiger partial charge in [0.1, 0.15) is 11.6 Å². The van der Waals surface area contributed by atoms with E-state index >= 15 is 0 Å². The van der Waals surface area contributed by atoms with Crippen molar-refractivity contribution in [2.24, 2.45) is 0 Å². The van der Waals surface area contributed by atoms with Crippen LogP contribution in [0.1, 0.15) is 11.1 Å². The summed E-state index contributed by atoms with van der Waals surface area (Å²) in [6.07, 6.45) is 0. The normalized spacial score (nSPS) is 12.5. The Hall–Kier alpha value is -3.00. The van der Waals surface area contributed by atoms with Gasteiger partial charge in [-0.2, -0.15) is 8.42 Å². The minimum absolute atomic E-state index is 0.587. The van der Waals surface area contributed by atoms with Crippen LogP contribution in [0.4, 0.5) is 8.78 Å². The van der Waals surface area contributed by atoms with Crippen LogP contribution in [0.25, 0.3) is 0 Å². The van der Waals surface area contributed by atoms with Crippen LogP contribution in [0.3, 0.4) is 0 Å². The third-order valence-electron chi connectivity index (χ3n) is 5.15. The van der Waals surface area contributed by atoms with Gasteiger partial charge in [-0.05, 0) is 72.2 Å². The first-order chi connectivity index (χ1) is 15.8. The van der Waals surface area contributed by atoms with E-state index in [0.29, 0.717) is 14.7 Å². The van der Waals surface area contributed by atoms with E-state index in [4.69, 9.17) is 3.63 Å². The van der Waals surface area contributed by atoms with Crippen molar-refractivity contribution in [2.75, 3.05) is 0 Å². The number of hydrogen-bond acceptors (Lipinski definition) is 3. The van der Waals surface area contributed by atoms with Gasteiger partial charge in [-0.15, -0.1) is 0 Å². The summed E-state index contributed by atoms with van der Waals surface area (Å²) in [5, 5.41) is 0. The zero-order valence-corrected chi connectivity index (χ0v) is 19.7. The molecule has 0 aromatic heterocycles. The molecule has 0 bridgehead atoms. The lowest BCUT2D eigenvalue weighted by Crippen LogP contribution is -2.17. The van der Waals surface area contributed by atoms with Crippen molar-refractivity contribution < 1.29 is 20.8 Å². The Morgan fingerprint density at radius 1 is 0.667 bits per heavy atom. The van der Waals surface area contributed by atoms with Gasteiger partial charge in [0.25, 0.3) is 0 Å². The number of rotatable bonds is 6. The van der Waals surface area contributed by atoms with E-state index in [1.807, 2.05) is 44.2 Å². The minimum Gasteiger partial charge on any atom is -0.205 e. The Balaban J connectivity index is 2.08. The van der Waals surface area contributed by atoms with Crippen LogP contribution in [0.15, 0.2) is 117 Å². The van der Waals surface area contributed by atoms with Crippen molar-refractivity contribution in [1.29, 1.82) is 0 Å². The van der Waals surface area contributed by atoms with Crippen LogP contribution in [0.2, 0.25) is 0 Å². The van der Waals surface area contributed by atoms with Gasteiger partial charge in [0.2, 0.25) is 0 Å². The lowest BCUT2D eigenvalue weighted by molar-refractivity contribution is 0.474. The minimum atomic E-state index is -4.86. The number of halogens is 2. The molecule has 170 valence electrons. The molecule has 4 aromatic rings. The molecule has 0 aliphatic carbocycles. The summed E-state index contributed by atoms with van der Waals surface area (Å²) < 4.78 is 62.2. The fraction of sp³-hybridized carbons (Fsp3) is 0.0769. The highest BCUT2D eigenvalue weighted by molar-refractivity contribution is 8.33. The van der Waals surface area contributed by atoms with Gasteiger partial charge in [0, 0.05) is 14.7 Å². The Labute approximate surface area is 194 Å². The summed E-state index contributed by atoms with van der Waals surface area (Å²) in [4.78, 5) is 0.705. The van der Waals surface area contributed by atoms with Crippen LogP contribution in [0.5, 0.6) is 0 Å². The van der Waals surface area contributed by atoms with Gasteiger partial charge in [0.15, 0.2) is 4.90 Å². The van der Waals surface area contributed by atoms with Crippen LogP contribution >= 0.6 is 10.3 Å². The molecule has 0 unspecified atom stereocenters. The predicted molar refractivity (Wildman–Crippen MR) is 126 cm³/mol. The van der Waals surface area contributed by atoms with E-state index < -0.39 is 37.0 Å². The molecule has 0 saturated carbocycles. The first-order valence-electron chi connectivity index (χ1n) is 10.2. The largest absolute Gasteiger partial charge is 0.313 e. The smallest absolute Gasteiger partial charge is 0.205 e. The molecule has 7 heteroatoms. The van der Waals surface area contributed by atoms with Crippen LogP contribution in [-0.4, -0.2) is 8.42 Å². The van der Waals surface area contributed by atoms with Crippen molar-refractivity contribution in [3.8, 4) is 0 Å². The fourth-order valence-corrected chi connectivity index (χ4v) is 9.26.